The molecule has 3 nitrogen and oxygen atoms in total. The van der Waals surface area contributed by atoms with Gasteiger partial charge in [0.25, 0.3) is 0 Å². The predicted molar refractivity (Wildman–Crippen MR) is 110 cm³/mol. The molecule has 0 saturated heterocycles. The predicted octanol–water partition coefficient (Wildman–Crippen LogP) is 6.33. The molecule has 132 valence electrons. The highest BCUT2D eigenvalue weighted by atomic mass is 79.9. The maximum absolute atomic E-state index is 4.73. The molecule has 1 aromatic carbocycles. The van der Waals surface area contributed by atoms with E-state index in [1.54, 1.807) is 16.9 Å². The van der Waals surface area contributed by atoms with Gasteiger partial charge in [0.1, 0.15) is 0 Å². The Morgan fingerprint density at radius 2 is 1.80 bits per heavy atom. The van der Waals surface area contributed by atoms with Crippen LogP contribution in [0.25, 0.3) is 10.2 Å². The molecule has 6 rings (SSSR count). The third kappa shape index (κ3) is 2.74. The highest BCUT2D eigenvalue weighted by Crippen LogP contribution is 2.61. The fraction of sp³-hybridized carbons (Fsp3) is 0.600. The van der Waals surface area contributed by atoms with E-state index in [-0.39, 0.29) is 0 Å². The molecule has 5 heteroatoms. The SMILES string of the molecule is CC(C)=NNc1nc2c(Br)cc(C34CC5CC(CC(C5)C3)C4)cc2s1. The molecule has 25 heavy (non-hydrogen) atoms. The lowest BCUT2D eigenvalue weighted by atomic mass is 9.48. The summed E-state index contributed by atoms with van der Waals surface area (Å²) in [6.45, 7) is 3.97. The molecule has 4 bridgehead atoms. The van der Waals surface area contributed by atoms with Crippen LogP contribution in [0.3, 0.4) is 0 Å². The van der Waals surface area contributed by atoms with Crippen LogP contribution in [-0.4, -0.2) is 10.7 Å². The number of anilines is 1. The summed E-state index contributed by atoms with van der Waals surface area (Å²) in [6, 6.07) is 4.80. The second-order valence-corrected chi connectivity index (χ2v) is 10.6. The van der Waals surface area contributed by atoms with Crippen LogP contribution in [0, 0.1) is 17.8 Å². The lowest BCUT2D eigenvalue weighted by Gasteiger charge is -2.57. The van der Waals surface area contributed by atoms with Crippen molar-refractivity contribution in [2.75, 3.05) is 5.43 Å². The van der Waals surface area contributed by atoms with Gasteiger partial charge in [-0.1, -0.05) is 11.3 Å². The Balaban J connectivity index is 1.55. The summed E-state index contributed by atoms with van der Waals surface area (Å²) in [4.78, 5) is 4.73. The van der Waals surface area contributed by atoms with E-state index in [4.69, 9.17) is 4.98 Å². The summed E-state index contributed by atoms with van der Waals surface area (Å²) < 4.78 is 2.41. The Labute approximate surface area is 161 Å². The zero-order valence-corrected chi connectivity index (χ0v) is 17.2. The molecule has 1 heterocycles. The highest BCUT2D eigenvalue weighted by molar-refractivity contribution is 9.10. The number of benzene rings is 1. The van der Waals surface area contributed by atoms with E-state index in [0.717, 1.165) is 38.6 Å². The number of hydrogen-bond donors (Lipinski definition) is 1. The largest absolute Gasteiger partial charge is 0.253 e. The first-order valence-electron chi connectivity index (χ1n) is 9.38. The maximum Gasteiger partial charge on any atom is 0.204 e. The van der Waals surface area contributed by atoms with Crippen LogP contribution >= 0.6 is 27.3 Å². The molecule has 4 saturated carbocycles. The molecule has 1 N–H and O–H groups in total. The van der Waals surface area contributed by atoms with Crippen molar-refractivity contribution in [3.05, 3.63) is 22.2 Å². The number of aromatic nitrogens is 1. The van der Waals surface area contributed by atoms with Crippen LogP contribution < -0.4 is 5.43 Å². The van der Waals surface area contributed by atoms with Gasteiger partial charge in [0.15, 0.2) is 0 Å². The first kappa shape index (κ1) is 16.2. The van der Waals surface area contributed by atoms with Gasteiger partial charge >= 0.3 is 0 Å². The molecular formula is C20H24BrN3S. The number of halogens is 1. The summed E-state index contributed by atoms with van der Waals surface area (Å²) in [7, 11) is 0. The van der Waals surface area contributed by atoms with Crippen LogP contribution in [0.5, 0.6) is 0 Å². The van der Waals surface area contributed by atoms with Gasteiger partial charge in [-0.2, -0.15) is 5.10 Å². The molecule has 0 atom stereocenters. The van der Waals surface area contributed by atoms with Crippen LogP contribution in [0.2, 0.25) is 0 Å². The zero-order valence-electron chi connectivity index (χ0n) is 14.8. The van der Waals surface area contributed by atoms with E-state index in [0.29, 0.717) is 5.41 Å². The summed E-state index contributed by atoms with van der Waals surface area (Å²) in [5.41, 5.74) is 7.14. The maximum atomic E-state index is 4.73. The average Bonchev–Trinajstić information content (AvgIpc) is 2.95. The van der Waals surface area contributed by atoms with Crippen LogP contribution in [0.4, 0.5) is 5.13 Å². The molecule has 4 aliphatic rings. The van der Waals surface area contributed by atoms with Crippen molar-refractivity contribution < 1.29 is 0 Å². The number of fused-ring (bicyclic) bond motifs is 1. The molecule has 0 aliphatic heterocycles. The van der Waals surface area contributed by atoms with Gasteiger partial charge in [-0.3, -0.25) is 5.43 Å². The van der Waals surface area contributed by atoms with Gasteiger partial charge in [-0.15, -0.1) is 0 Å². The highest BCUT2D eigenvalue weighted by Gasteiger charge is 2.51. The quantitative estimate of drug-likeness (QED) is 0.467. The van der Waals surface area contributed by atoms with Crippen molar-refractivity contribution in [3.63, 3.8) is 0 Å². The number of nitrogens with one attached hydrogen (secondary N) is 1. The third-order valence-corrected chi connectivity index (χ3v) is 7.99. The van der Waals surface area contributed by atoms with E-state index in [1.807, 2.05) is 13.8 Å². The molecular weight excluding hydrogens is 394 g/mol. The minimum absolute atomic E-state index is 0.432. The number of rotatable bonds is 3. The molecule has 4 aliphatic carbocycles. The molecule has 0 amide bonds. The fourth-order valence-electron chi connectivity index (χ4n) is 5.97. The second-order valence-electron chi connectivity index (χ2n) is 8.69. The lowest BCUT2D eigenvalue weighted by molar-refractivity contribution is -0.00514. The minimum Gasteiger partial charge on any atom is -0.253 e. The molecule has 0 spiro atoms. The second kappa shape index (κ2) is 5.78. The van der Waals surface area contributed by atoms with Gasteiger partial charge < -0.3 is 0 Å². The zero-order chi connectivity index (χ0) is 17.2. The van der Waals surface area contributed by atoms with Gasteiger partial charge in [-0.25, -0.2) is 4.98 Å². The van der Waals surface area contributed by atoms with E-state index in [9.17, 15) is 0 Å². The summed E-state index contributed by atoms with van der Waals surface area (Å²) in [6.07, 6.45) is 8.68. The van der Waals surface area contributed by atoms with Crippen LogP contribution in [0.15, 0.2) is 21.7 Å². The smallest absolute Gasteiger partial charge is 0.204 e. The number of nitrogens with zero attached hydrogens (tertiary/aromatic N) is 2. The normalized spacial score (nSPS) is 33.0. The molecule has 2 aromatic rings. The average molecular weight is 418 g/mol. The number of thiazole rings is 1. The van der Waals surface area contributed by atoms with E-state index >= 15 is 0 Å². The van der Waals surface area contributed by atoms with Crippen molar-refractivity contribution in [1.82, 2.24) is 4.98 Å². The Bertz CT molecular complexity index is 830. The van der Waals surface area contributed by atoms with Crippen molar-refractivity contribution in [3.8, 4) is 0 Å². The standard InChI is InChI=1S/C20H24BrN3S/c1-11(2)23-24-19-22-18-16(21)6-15(7-17(18)25-19)20-8-12-3-13(9-20)5-14(4-12)10-20/h6-7,12-14H,3-5,8-10H2,1-2H3,(H,22,24). The third-order valence-electron chi connectivity index (χ3n) is 6.47. The van der Waals surface area contributed by atoms with Gasteiger partial charge in [0.05, 0.1) is 10.2 Å². The Morgan fingerprint density at radius 1 is 1.16 bits per heavy atom. The lowest BCUT2D eigenvalue weighted by Crippen LogP contribution is -2.48. The van der Waals surface area contributed by atoms with Gasteiger partial charge in [-0.05, 0) is 109 Å². The van der Waals surface area contributed by atoms with Gasteiger partial charge in [0.2, 0.25) is 5.13 Å². The van der Waals surface area contributed by atoms with Crippen molar-refractivity contribution in [1.29, 1.82) is 0 Å². The van der Waals surface area contributed by atoms with Crippen LogP contribution in [-0.2, 0) is 5.41 Å². The number of hydrogen-bond acceptors (Lipinski definition) is 4. The first-order chi connectivity index (χ1) is 12.0. The van der Waals surface area contributed by atoms with E-state index < -0.39 is 0 Å². The van der Waals surface area contributed by atoms with Gasteiger partial charge in [0, 0.05) is 10.2 Å². The minimum atomic E-state index is 0.432. The number of hydrazone groups is 1. The summed E-state index contributed by atoms with van der Waals surface area (Å²) in [5.74, 6) is 2.92. The topological polar surface area (TPSA) is 37.3 Å². The Morgan fingerprint density at radius 3 is 2.40 bits per heavy atom. The fourth-order valence-corrected chi connectivity index (χ4v) is 7.52. The first-order valence-corrected chi connectivity index (χ1v) is 11.0. The molecule has 0 unspecified atom stereocenters. The molecule has 1 aromatic heterocycles. The summed E-state index contributed by atoms with van der Waals surface area (Å²) in [5, 5.41) is 5.17. The Kier molecular flexibility index (Phi) is 3.76. The van der Waals surface area contributed by atoms with Crippen LogP contribution in [0.1, 0.15) is 57.9 Å². The van der Waals surface area contributed by atoms with Crippen molar-refractivity contribution >= 4 is 48.3 Å². The van der Waals surface area contributed by atoms with Crippen molar-refractivity contribution in [2.24, 2.45) is 22.9 Å². The van der Waals surface area contributed by atoms with Crippen molar-refractivity contribution in [2.45, 2.75) is 57.8 Å². The monoisotopic (exact) mass is 417 g/mol. The molecule has 4 fully saturated rings. The molecule has 0 radical (unpaired) electrons. The summed E-state index contributed by atoms with van der Waals surface area (Å²) >= 11 is 5.51. The van der Waals surface area contributed by atoms with E-state index in [2.05, 4.69) is 38.6 Å². The van der Waals surface area contributed by atoms with E-state index in [1.165, 1.54) is 43.2 Å². The Hall–Kier alpha value is -0.940.